The van der Waals surface area contributed by atoms with E-state index in [2.05, 4.69) is 20.5 Å². The minimum Gasteiger partial charge on any atom is -0.335 e. The fourth-order valence-corrected chi connectivity index (χ4v) is 3.14. The van der Waals surface area contributed by atoms with E-state index in [0.29, 0.717) is 26.8 Å². The van der Waals surface area contributed by atoms with Gasteiger partial charge in [-0.1, -0.05) is 47.1 Å². The molecular weight excluding hydrogens is 395 g/mol. The topological polar surface area (TPSA) is 98.7 Å². The third-order valence-electron chi connectivity index (χ3n) is 3.38. The van der Waals surface area contributed by atoms with E-state index in [4.69, 9.17) is 29.0 Å². The summed E-state index contributed by atoms with van der Waals surface area (Å²) in [6, 6.07) is 10.4. The van der Waals surface area contributed by atoms with Crippen LogP contribution in [0.3, 0.4) is 0 Å². The third kappa shape index (κ3) is 4.27. The first-order chi connectivity index (χ1) is 12.4. The molecule has 2 heterocycles. The minimum atomic E-state index is -0.466. The molecule has 0 aliphatic heterocycles. The second-order valence-electron chi connectivity index (χ2n) is 5.30. The number of nitrogen functional groups attached to an aromatic ring is 1. The zero-order chi connectivity index (χ0) is 18.7. The molecule has 0 unspecified atom stereocenters. The standard InChI is InChI=1S/C16H14Cl2N6OS/c1-9(15(25)21-13-6-5-12(18)8-20-13)26-16-23-22-14(24(16)19)10-3-2-4-11(17)7-10/h2-9H,19H2,1H3,(H,20,21,25)/t9-/m0/s1. The molecule has 0 aliphatic rings. The largest absolute Gasteiger partial charge is 0.335 e. The normalized spacial score (nSPS) is 12.0. The number of aromatic nitrogens is 4. The van der Waals surface area contributed by atoms with Gasteiger partial charge in [-0.25, -0.2) is 9.66 Å². The molecule has 3 N–H and O–H groups in total. The molecule has 2 aromatic heterocycles. The summed E-state index contributed by atoms with van der Waals surface area (Å²) in [5.41, 5.74) is 0.738. The lowest BCUT2D eigenvalue weighted by Gasteiger charge is -2.11. The second kappa shape index (κ2) is 7.94. The van der Waals surface area contributed by atoms with Gasteiger partial charge in [0.15, 0.2) is 5.82 Å². The van der Waals surface area contributed by atoms with E-state index in [1.807, 2.05) is 6.07 Å². The molecule has 1 amide bonds. The quantitative estimate of drug-likeness (QED) is 0.495. The summed E-state index contributed by atoms with van der Waals surface area (Å²) in [5, 5.41) is 11.9. The van der Waals surface area contributed by atoms with E-state index < -0.39 is 5.25 Å². The number of nitrogens with zero attached hydrogens (tertiary/aromatic N) is 4. The lowest BCUT2D eigenvalue weighted by atomic mass is 10.2. The summed E-state index contributed by atoms with van der Waals surface area (Å²) < 4.78 is 1.33. The Morgan fingerprint density at radius 1 is 1.23 bits per heavy atom. The number of hydrogen-bond donors (Lipinski definition) is 2. The average molecular weight is 409 g/mol. The number of nitrogens with two attached hydrogens (primary N) is 1. The molecule has 0 saturated heterocycles. The van der Waals surface area contributed by atoms with Crippen LogP contribution in [0.15, 0.2) is 47.8 Å². The molecule has 7 nitrogen and oxygen atoms in total. The van der Waals surface area contributed by atoms with Crippen molar-refractivity contribution in [2.24, 2.45) is 0 Å². The first-order valence-corrected chi connectivity index (χ1v) is 9.13. The molecule has 0 spiro atoms. The molecule has 10 heteroatoms. The zero-order valence-corrected chi connectivity index (χ0v) is 15.9. The molecule has 0 bridgehead atoms. The van der Waals surface area contributed by atoms with Gasteiger partial charge in [0.2, 0.25) is 11.1 Å². The van der Waals surface area contributed by atoms with E-state index in [1.54, 1.807) is 37.3 Å². The number of hydrogen-bond acceptors (Lipinski definition) is 6. The Bertz CT molecular complexity index is 931. The Hall–Kier alpha value is -2.29. The number of thioether (sulfide) groups is 1. The predicted molar refractivity (Wildman–Crippen MR) is 104 cm³/mol. The Morgan fingerprint density at radius 3 is 2.73 bits per heavy atom. The van der Waals surface area contributed by atoms with Gasteiger partial charge >= 0.3 is 0 Å². The maximum Gasteiger partial charge on any atom is 0.238 e. The lowest BCUT2D eigenvalue weighted by molar-refractivity contribution is -0.115. The van der Waals surface area contributed by atoms with Crippen LogP contribution in [-0.2, 0) is 4.79 Å². The molecule has 0 aliphatic carbocycles. The summed E-state index contributed by atoms with van der Waals surface area (Å²) in [6.07, 6.45) is 1.46. The zero-order valence-electron chi connectivity index (χ0n) is 13.6. The van der Waals surface area contributed by atoms with Crippen LogP contribution in [0.5, 0.6) is 0 Å². The van der Waals surface area contributed by atoms with E-state index in [-0.39, 0.29) is 5.91 Å². The van der Waals surface area contributed by atoms with Crippen molar-refractivity contribution in [3.8, 4) is 11.4 Å². The van der Waals surface area contributed by atoms with Crippen LogP contribution < -0.4 is 11.2 Å². The Labute approximate surface area is 163 Å². The number of benzene rings is 1. The van der Waals surface area contributed by atoms with Gasteiger partial charge in [-0.15, -0.1) is 10.2 Å². The van der Waals surface area contributed by atoms with E-state index in [9.17, 15) is 4.79 Å². The number of nitrogens with one attached hydrogen (secondary N) is 1. The van der Waals surface area contributed by atoms with Crippen LogP contribution in [0, 0.1) is 0 Å². The molecule has 3 aromatic rings. The van der Waals surface area contributed by atoms with E-state index in [1.165, 1.54) is 22.6 Å². The highest BCUT2D eigenvalue weighted by Crippen LogP contribution is 2.26. The molecular formula is C16H14Cl2N6OS. The highest BCUT2D eigenvalue weighted by molar-refractivity contribution is 8.00. The maximum absolute atomic E-state index is 12.3. The van der Waals surface area contributed by atoms with Crippen LogP contribution in [0.2, 0.25) is 10.0 Å². The molecule has 0 fully saturated rings. The van der Waals surface area contributed by atoms with Gasteiger partial charge in [-0.3, -0.25) is 4.79 Å². The fourth-order valence-electron chi connectivity index (χ4n) is 2.07. The van der Waals surface area contributed by atoms with E-state index >= 15 is 0 Å². The van der Waals surface area contributed by atoms with Crippen LogP contribution in [0.25, 0.3) is 11.4 Å². The molecule has 1 aromatic carbocycles. The highest BCUT2D eigenvalue weighted by atomic mass is 35.5. The maximum atomic E-state index is 12.3. The van der Waals surface area contributed by atoms with Crippen LogP contribution in [0.1, 0.15) is 6.92 Å². The summed E-state index contributed by atoms with van der Waals surface area (Å²) in [6.45, 7) is 1.74. The summed E-state index contributed by atoms with van der Waals surface area (Å²) in [4.78, 5) is 16.3. The number of halogens is 2. The lowest BCUT2D eigenvalue weighted by Crippen LogP contribution is -2.24. The van der Waals surface area contributed by atoms with Gasteiger partial charge in [0.05, 0.1) is 10.3 Å². The van der Waals surface area contributed by atoms with Crippen molar-refractivity contribution < 1.29 is 4.79 Å². The van der Waals surface area contributed by atoms with Gasteiger partial charge in [-0.2, -0.15) is 0 Å². The molecule has 134 valence electrons. The van der Waals surface area contributed by atoms with Gasteiger partial charge in [0, 0.05) is 16.8 Å². The number of carbonyl (C=O) groups is 1. The number of pyridine rings is 1. The predicted octanol–water partition coefficient (Wildman–Crippen LogP) is 3.48. The van der Waals surface area contributed by atoms with Crippen LogP contribution >= 0.6 is 35.0 Å². The molecule has 1 atom stereocenters. The van der Waals surface area contributed by atoms with Gasteiger partial charge < -0.3 is 11.2 Å². The van der Waals surface area contributed by atoms with Crippen molar-refractivity contribution in [1.82, 2.24) is 19.9 Å². The second-order valence-corrected chi connectivity index (χ2v) is 7.48. The van der Waals surface area contributed by atoms with Gasteiger partial charge in [-0.05, 0) is 31.2 Å². The first-order valence-electron chi connectivity index (χ1n) is 7.49. The molecule has 0 radical (unpaired) electrons. The number of rotatable bonds is 5. The monoisotopic (exact) mass is 408 g/mol. The van der Waals surface area contributed by atoms with Crippen LogP contribution in [0.4, 0.5) is 5.82 Å². The Balaban J connectivity index is 1.70. The molecule has 3 rings (SSSR count). The average Bonchev–Trinajstić information content (AvgIpc) is 2.97. The summed E-state index contributed by atoms with van der Waals surface area (Å²) in [5.74, 6) is 6.71. The van der Waals surface area contributed by atoms with Crippen molar-refractivity contribution in [1.29, 1.82) is 0 Å². The van der Waals surface area contributed by atoms with Gasteiger partial charge in [0.1, 0.15) is 5.82 Å². The van der Waals surface area contributed by atoms with Crippen molar-refractivity contribution in [2.75, 3.05) is 11.2 Å². The number of anilines is 1. The third-order valence-corrected chi connectivity index (χ3v) is 4.89. The summed E-state index contributed by atoms with van der Waals surface area (Å²) >= 11 is 13.0. The van der Waals surface area contributed by atoms with Crippen molar-refractivity contribution in [3.05, 3.63) is 52.6 Å². The molecule has 0 saturated carbocycles. The smallest absolute Gasteiger partial charge is 0.238 e. The van der Waals surface area contributed by atoms with E-state index in [0.717, 1.165) is 5.56 Å². The van der Waals surface area contributed by atoms with Gasteiger partial charge in [0.25, 0.3) is 0 Å². The van der Waals surface area contributed by atoms with Crippen molar-refractivity contribution in [2.45, 2.75) is 17.3 Å². The fraction of sp³-hybridized carbons (Fsp3) is 0.125. The number of amides is 1. The molecule has 26 heavy (non-hydrogen) atoms. The van der Waals surface area contributed by atoms with Crippen LogP contribution in [-0.4, -0.2) is 31.0 Å². The van der Waals surface area contributed by atoms with Crippen molar-refractivity contribution >= 4 is 46.7 Å². The SMILES string of the molecule is C[C@H](Sc1nnc(-c2cccc(Cl)c2)n1N)C(=O)Nc1ccc(Cl)cn1. The number of carbonyl (C=O) groups excluding carboxylic acids is 1. The Morgan fingerprint density at radius 2 is 2.04 bits per heavy atom. The highest BCUT2D eigenvalue weighted by Gasteiger charge is 2.20. The minimum absolute atomic E-state index is 0.239. The van der Waals surface area contributed by atoms with Crippen molar-refractivity contribution in [3.63, 3.8) is 0 Å². The summed E-state index contributed by atoms with van der Waals surface area (Å²) in [7, 11) is 0. The Kier molecular flexibility index (Phi) is 5.65. The first kappa shape index (κ1) is 18.5.